The van der Waals surface area contributed by atoms with E-state index in [4.69, 9.17) is 9.47 Å². The molecule has 1 atom stereocenters. The van der Waals surface area contributed by atoms with Crippen molar-refractivity contribution in [2.75, 3.05) is 0 Å². The van der Waals surface area contributed by atoms with Crippen LogP contribution >= 0.6 is 0 Å². The third-order valence-corrected chi connectivity index (χ3v) is 4.60. The first-order chi connectivity index (χ1) is 12.8. The van der Waals surface area contributed by atoms with Gasteiger partial charge in [0.15, 0.2) is 0 Å². The molecule has 0 aliphatic heterocycles. The van der Waals surface area contributed by atoms with E-state index in [0.717, 1.165) is 24.8 Å². The van der Waals surface area contributed by atoms with Gasteiger partial charge in [0.05, 0.1) is 12.2 Å². The lowest BCUT2D eigenvalue weighted by molar-refractivity contribution is -0.407. The normalized spacial score (nSPS) is 13.5. The predicted molar refractivity (Wildman–Crippen MR) is 109 cm³/mol. The van der Waals surface area contributed by atoms with Gasteiger partial charge >= 0.3 is 0 Å². The largest absolute Gasteiger partial charge is 0.343 e. The maximum atomic E-state index is 13.6. The molecule has 0 saturated carbocycles. The number of benzene rings is 1. The van der Waals surface area contributed by atoms with Gasteiger partial charge in [0.25, 0.3) is 5.97 Å². The monoisotopic (exact) mass is 382 g/mol. The van der Waals surface area contributed by atoms with Gasteiger partial charge in [-0.25, -0.2) is 4.39 Å². The van der Waals surface area contributed by atoms with Crippen molar-refractivity contribution >= 4 is 0 Å². The average Bonchev–Trinajstić information content (AvgIpc) is 2.55. The van der Waals surface area contributed by atoms with Gasteiger partial charge in [0, 0.05) is 5.92 Å². The fraction of sp³-hybridized carbons (Fsp3) is 0.739. The molecule has 3 nitrogen and oxygen atoms in total. The second kappa shape index (κ2) is 12.5. The minimum absolute atomic E-state index is 0.173. The molecule has 0 saturated heterocycles. The van der Waals surface area contributed by atoms with Gasteiger partial charge in [0.1, 0.15) is 5.82 Å². The summed E-state index contributed by atoms with van der Waals surface area (Å²) in [7, 11) is 0. The Kier molecular flexibility index (Phi) is 11.1. The summed E-state index contributed by atoms with van der Waals surface area (Å²) in [5.74, 6) is -2.18. The molecule has 1 N–H and O–H groups in total. The maximum absolute atomic E-state index is 13.6. The molecule has 0 amide bonds. The van der Waals surface area contributed by atoms with Crippen molar-refractivity contribution in [3.63, 3.8) is 0 Å². The molecule has 1 aromatic carbocycles. The van der Waals surface area contributed by atoms with Gasteiger partial charge in [0.2, 0.25) is 0 Å². The molecule has 1 aromatic rings. The Morgan fingerprint density at radius 1 is 0.963 bits per heavy atom. The highest BCUT2D eigenvalue weighted by Crippen LogP contribution is 2.32. The average molecular weight is 383 g/mol. The summed E-state index contributed by atoms with van der Waals surface area (Å²) >= 11 is 0. The Morgan fingerprint density at radius 2 is 1.56 bits per heavy atom. The van der Waals surface area contributed by atoms with Crippen LogP contribution < -0.4 is 0 Å². The van der Waals surface area contributed by atoms with Crippen LogP contribution in [-0.2, 0) is 15.9 Å². The minimum atomic E-state index is -1.67. The van der Waals surface area contributed by atoms with Gasteiger partial charge in [-0.05, 0) is 58.2 Å². The first kappa shape index (κ1) is 24.1. The topological polar surface area (TPSA) is 38.7 Å². The van der Waals surface area contributed by atoms with Crippen molar-refractivity contribution in [2.45, 2.75) is 104 Å². The summed E-state index contributed by atoms with van der Waals surface area (Å²) in [5, 5.41) is 11.2. The van der Waals surface area contributed by atoms with E-state index in [1.807, 2.05) is 33.8 Å². The van der Waals surface area contributed by atoms with E-state index in [1.165, 1.54) is 37.8 Å². The smallest absolute Gasteiger partial charge is 0.284 e. The minimum Gasteiger partial charge on any atom is -0.343 e. The second-order valence-electron chi connectivity index (χ2n) is 8.05. The molecular weight excluding hydrogens is 343 g/mol. The van der Waals surface area contributed by atoms with E-state index >= 15 is 0 Å². The number of unbranched alkanes of at least 4 members (excludes halogenated alkanes) is 5. The number of hydrogen-bond acceptors (Lipinski definition) is 3. The van der Waals surface area contributed by atoms with Crippen LogP contribution in [0.5, 0.6) is 0 Å². The quantitative estimate of drug-likeness (QED) is 0.306. The second-order valence-corrected chi connectivity index (χ2v) is 8.05. The summed E-state index contributed by atoms with van der Waals surface area (Å²) in [6.45, 7) is 9.76. The fourth-order valence-corrected chi connectivity index (χ4v) is 3.43. The van der Waals surface area contributed by atoms with Crippen molar-refractivity contribution in [1.29, 1.82) is 0 Å². The summed E-state index contributed by atoms with van der Waals surface area (Å²) in [5.41, 5.74) is 0.851. The molecule has 0 bridgehead atoms. The third-order valence-electron chi connectivity index (χ3n) is 4.60. The molecule has 0 fully saturated rings. The van der Waals surface area contributed by atoms with Crippen LogP contribution in [0.4, 0.5) is 4.39 Å². The van der Waals surface area contributed by atoms with Crippen LogP contribution in [0, 0.1) is 11.7 Å². The van der Waals surface area contributed by atoms with Crippen molar-refractivity contribution < 1.29 is 19.0 Å². The van der Waals surface area contributed by atoms with E-state index < -0.39 is 5.97 Å². The third kappa shape index (κ3) is 9.68. The van der Waals surface area contributed by atoms with Crippen LogP contribution in [0.25, 0.3) is 0 Å². The van der Waals surface area contributed by atoms with E-state index in [2.05, 4.69) is 6.92 Å². The number of halogens is 1. The zero-order valence-electron chi connectivity index (χ0n) is 17.8. The highest BCUT2D eigenvalue weighted by molar-refractivity contribution is 5.17. The molecule has 0 heterocycles. The maximum Gasteiger partial charge on any atom is 0.284 e. The van der Waals surface area contributed by atoms with Crippen molar-refractivity contribution in [3.05, 3.63) is 35.6 Å². The highest BCUT2D eigenvalue weighted by Gasteiger charge is 2.40. The van der Waals surface area contributed by atoms with Crippen LogP contribution in [0.3, 0.4) is 0 Å². The molecule has 4 heteroatoms. The van der Waals surface area contributed by atoms with Gasteiger partial charge in [-0.1, -0.05) is 57.6 Å². The Balaban J connectivity index is 2.88. The predicted octanol–water partition coefficient (Wildman–Crippen LogP) is 6.23. The molecule has 0 aliphatic rings. The van der Waals surface area contributed by atoms with Crippen LogP contribution in [0.2, 0.25) is 0 Å². The molecular formula is C23H39FO3. The standard InChI is InChI=1S/C23H39FO3/c1-6-7-8-9-10-11-14-21(16-20-13-12-15-22(24)17-20)23(25,26-18(2)3)27-19(4)5/h12-13,15,17-19,21,25H,6-11,14,16H2,1-5H3. The van der Waals surface area contributed by atoms with Crippen LogP contribution in [0.1, 0.15) is 85.1 Å². The lowest BCUT2D eigenvalue weighted by atomic mass is 9.90. The van der Waals surface area contributed by atoms with Crippen LogP contribution in [0.15, 0.2) is 24.3 Å². The van der Waals surface area contributed by atoms with E-state index in [-0.39, 0.29) is 23.9 Å². The molecule has 0 spiro atoms. The molecule has 0 aliphatic carbocycles. The van der Waals surface area contributed by atoms with E-state index in [1.54, 1.807) is 6.07 Å². The Morgan fingerprint density at radius 3 is 2.11 bits per heavy atom. The molecule has 156 valence electrons. The number of rotatable bonds is 14. The first-order valence-electron chi connectivity index (χ1n) is 10.6. The van der Waals surface area contributed by atoms with Crippen molar-refractivity contribution in [1.82, 2.24) is 0 Å². The summed E-state index contributed by atoms with van der Waals surface area (Å²) in [6, 6.07) is 6.56. The van der Waals surface area contributed by atoms with Gasteiger partial charge in [-0.3, -0.25) is 0 Å². The molecule has 1 unspecified atom stereocenters. The summed E-state index contributed by atoms with van der Waals surface area (Å²) in [6.07, 6.45) is 8.02. The molecule has 1 rings (SSSR count). The Hall–Kier alpha value is -0.970. The lowest BCUT2D eigenvalue weighted by Crippen LogP contribution is -2.48. The van der Waals surface area contributed by atoms with Crippen molar-refractivity contribution in [2.24, 2.45) is 5.92 Å². The van der Waals surface area contributed by atoms with Gasteiger partial charge in [-0.15, -0.1) is 0 Å². The Labute approximate surface area is 165 Å². The highest BCUT2D eigenvalue weighted by atomic mass is 19.1. The SMILES string of the molecule is CCCCCCCCC(Cc1cccc(F)c1)C(O)(OC(C)C)OC(C)C. The lowest BCUT2D eigenvalue weighted by Gasteiger charge is -2.38. The molecule has 0 radical (unpaired) electrons. The van der Waals surface area contributed by atoms with Crippen LogP contribution in [-0.4, -0.2) is 23.3 Å². The first-order valence-corrected chi connectivity index (χ1v) is 10.6. The zero-order valence-corrected chi connectivity index (χ0v) is 17.8. The summed E-state index contributed by atoms with van der Waals surface area (Å²) in [4.78, 5) is 0. The van der Waals surface area contributed by atoms with E-state index in [9.17, 15) is 9.50 Å². The van der Waals surface area contributed by atoms with E-state index in [0.29, 0.717) is 6.42 Å². The summed E-state index contributed by atoms with van der Waals surface area (Å²) < 4.78 is 25.3. The molecule has 27 heavy (non-hydrogen) atoms. The van der Waals surface area contributed by atoms with Gasteiger partial charge in [-0.2, -0.15) is 0 Å². The van der Waals surface area contributed by atoms with Crippen molar-refractivity contribution in [3.8, 4) is 0 Å². The number of hydrogen-bond donors (Lipinski definition) is 1. The number of aliphatic hydroxyl groups is 1. The molecule has 0 aromatic heterocycles. The number of ether oxygens (including phenoxy) is 2. The zero-order chi connectivity index (χ0) is 20.3. The fourth-order valence-electron chi connectivity index (χ4n) is 3.43. The van der Waals surface area contributed by atoms with Gasteiger partial charge < -0.3 is 14.6 Å². The Bertz CT molecular complexity index is 506.